The molecule has 0 atom stereocenters. The van der Waals surface area contributed by atoms with Crippen molar-refractivity contribution < 1.29 is 4.42 Å². The van der Waals surface area contributed by atoms with Crippen LogP contribution in [0.5, 0.6) is 0 Å². The Morgan fingerprint density at radius 3 is 2.07 bits per heavy atom. The molecule has 214 valence electrons. The van der Waals surface area contributed by atoms with Crippen LogP contribution >= 0.6 is 0 Å². The molecular weight excluding hydrogens is 546 g/mol. The first-order valence-corrected chi connectivity index (χ1v) is 15.6. The Labute approximate surface area is 262 Å². The molecule has 0 aliphatic heterocycles. The molecule has 2 heteroatoms. The van der Waals surface area contributed by atoms with E-state index in [0.29, 0.717) is 0 Å². The summed E-state index contributed by atoms with van der Waals surface area (Å²) in [5.74, 6) is 0. The van der Waals surface area contributed by atoms with E-state index in [4.69, 9.17) is 4.42 Å². The van der Waals surface area contributed by atoms with Crippen LogP contribution in [-0.4, -0.2) is 0 Å². The lowest BCUT2D eigenvalue weighted by Crippen LogP contribution is -2.16. The largest absolute Gasteiger partial charge is 0.456 e. The maximum Gasteiger partial charge on any atom is 0.136 e. The van der Waals surface area contributed by atoms with E-state index in [2.05, 4.69) is 158 Å². The zero-order valence-electron chi connectivity index (χ0n) is 25.3. The van der Waals surface area contributed by atoms with Gasteiger partial charge in [-0.05, 0) is 98.8 Å². The van der Waals surface area contributed by atoms with Crippen molar-refractivity contribution in [3.05, 3.63) is 163 Å². The summed E-state index contributed by atoms with van der Waals surface area (Å²) in [6.07, 6.45) is 0. The summed E-state index contributed by atoms with van der Waals surface area (Å²) in [6, 6.07) is 54.8. The second kappa shape index (κ2) is 9.70. The van der Waals surface area contributed by atoms with Crippen molar-refractivity contribution in [2.75, 3.05) is 4.90 Å². The van der Waals surface area contributed by atoms with Gasteiger partial charge in [0.05, 0.1) is 0 Å². The Kier molecular flexibility index (Phi) is 5.58. The lowest BCUT2D eigenvalue weighted by molar-refractivity contribution is 0.660. The maximum atomic E-state index is 6.29. The highest BCUT2D eigenvalue weighted by molar-refractivity contribution is 6.10. The number of fused-ring (bicyclic) bond motifs is 7. The second-order valence-corrected chi connectivity index (χ2v) is 12.6. The number of nitrogens with zero attached hydrogens (tertiary/aromatic N) is 1. The fourth-order valence-electron chi connectivity index (χ4n) is 7.33. The van der Waals surface area contributed by atoms with E-state index in [9.17, 15) is 0 Å². The Bertz CT molecular complexity index is 2410. The third-order valence-corrected chi connectivity index (χ3v) is 9.61. The van der Waals surface area contributed by atoms with Gasteiger partial charge in [0.15, 0.2) is 0 Å². The van der Waals surface area contributed by atoms with Gasteiger partial charge in [0.25, 0.3) is 0 Å². The van der Waals surface area contributed by atoms with E-state index >= 15 is 0 Å². The van der Waals surface area contributed by atoms with Crippen LogP contribution in [0.2, 0.25) is 0 Å². The molecule has 0 radical (unpaired) electrons. The van der Waals surface area contributed by atoms with E-state index in [1.807, 2.05) is 12.1 Å². The highest BCUT2D eigenvalue weighted by atomic mass is 16.3. The van der Waals surface area contributed by atoms with Crippen LogP contribution in [0.4, 0.5) is 17.1 Å². The van der Waals surface area contributed by atoms with E-state index in [1.165, 1.54) is 38.8 Å². The summed E-state index contributed by atoms with van der Waals surface area (Å²) in [5.41, 5.74) is 12.9. The Morgan fingerprint density at radius 1 is 0.444 bits per heavy atom. The standard InChI is InChI=1S/C43H31NO/c1-43(2)39-17-8-6-15-35(39)36-22-21-34(27-40(36)43)44(32-14-10-13-29(23-32)28-11-4-3-5-12-28)33-20-19-30-25-38-37-16-7-9-18-41(37)45-42(38)26-31(30)24-33/h3-27H,1-2H3. The van der Waals surface area contributed by atoms with Gasteiger partial charge in [0.2, 0.25) is 0 Å². The minimum atomic E-state index is -0.0875. The van der Waals surface area contributed by atoms with E-state index in [0.717, 1.165) is 44.4 Å². The number of hydrogen-bond donors (Lipinski definition) is 0. The normalized spacial score (nSPS) is 13.3. The molecule has 2 nitrogen and oxygen atoms in total. The average Bonchev–Trinajstić information content (AvgIpc) is 3.55. The summed E-state index contributed by atoms with van der Waals surface area (Å²) >= 11 is 0. The first-order valence-electron chi connectivity index (χ1n) is 15.6. The van der Waals surface area contributed by atoms with E-state index in [-0.39, 0.29) is 5.41 Å². The summed E-state index contributed by atoms with van der Waals surface area (Å²) in [7, 11) is 0. The van der Waals surface area contributed by atoms with Crippen LogP contribution in [0.3, 0.4) is 0 Å². The molecule has 0 saturated carbocycles. The number of benzene rings is 7. The van der Waals surface area contributed by atoms with Gasteiger partial charge in [-0.3, -0.25) is 0 Å². The first-order chi connectivity index (χ1) is 22.0. The fraction of sp³-hybridized carbons (Fsp3) is 0.0698. The van der Waals surface area contributed by atoms with Crippen LogP contribution in [0, 0.1) is 0 Å². The molecule has 1 aromatic heterocycles. The van der Waals surface area contributed by atoms with Crippen LogP contribution < -0.4 is 4.90 Å². The molecule has 0 fully saturated rings. The molecule has 1 aliphatic carbocycles. The third kappa shape index (κ3) is 4.03. The van der Waals surface area contributed by atoms with Crippen molar-refractivity contribution in [2.45, 2.75) is 19.3 Å². The first kappa shape index (κ1) is 25.9. The summed E-state index contributed by atoms with van der Waals surface area (Å²) < 4.78 is 6.29. The lowest BCUT2D eigenvalue weighted by atomic mass is 9.82. The molecule has 0 N–H and O–H groups in total. The molecule has 1 aliphatic rings. The van der Waals surface area contributed by atoms with Gasteiger partial charge in [-0.2, -0.15) is 0 Å². The minimum Gasteiger partial charge on any atom is -0.456 e. The smallest absolute Gasteiger partial charge is 0.136 e. The maximum absolute atomic E-state index is 6.29. The van der Waals surface area contributed by atoms with Crippen molar-refractivity contribution in [1.82, 2.24) is 0 Å². The number of anilines is 3. The molecule has 9 rings (SSSR count). The van der Waals surface area contributed by atoms with Gasteiger partial charge in [-0.1, -0.05) is 111 Å². The molecule has 0 spiro atoms. The van der Waals surface area contributed by atoms with E-state index in [1.54, 1.807) is 0 Å². The predicted molar refractivity (Wildman–Crippen MR) is 189 cm³/mol. The number of hydrogen-bond acceptors (Lipinski definition) is 2. The van der Waals surface area contributed by atoms with Crippen molar-refractivity contribution in [3.63, 3.8) is 0 Å². The van der Waals surface area contributed by atoms with Crippen molar-refractivity contribution >= 4 is 49.8 Å². The minimum absolute atomic E-state index is 0.0875. The van der Waals surface area contributed by atoms with Crippen LogP contribution in [0.1, 0.15) is 25.0 Å². The highest BCUT2D eigenvalue weighted by Gasteiger charge is 2.35. The van der Waals surface area contributed by atoms with Crippen molar-refractivity contribution in [1.29, 1.82) is 0 Å². The zero-order valence-corrected chi connectivity index (χ0v) is 25.3. The summed E-state index contributed by atoms with van der Waals surface area (Å²) in [4.78, 5) is 2.40. The van der Waals surface area contributed by atoms with Crippen LogP contribution in [-0.2, 0) is 5.41 Å². The van der Waals surface area contributed by atoms with Gasteiger partial charge < -0.3 is 9.32 Å². The molecule has 0 bridgehead atoms. The molecule has 0 saturated heterocycles. The third-order valence-electron chi connectivity index (χ3n) is 9.61. The molecule has 1 heterocycles. The SMILES string of the molecule is CC1(C)c2ccccc2-c2ccc(N(c3cccc(-c4ccccc4)c3)c3ccc4cc5c(cc4c3)oc3ccccc35)cc21. The van der Waals surface area contributed by atoms with Gasteiger partial charge in [0, 0.05) is 33.2 Å². The monoisotopic (exact) mass is 577 g/mol. The molecule has 8 aromatic rings. The molecule has 0 amide bonds. The topological polar surface area (TPSA) is 16.4 Å². The number of furan rings is 1. The average molecular weight is 578 g/mol. The van der Waals surface area contributed by atoms with Crippen LogP contribution in [0.15, 0.2) is 156 Å². The predicted octanol–water partition coefficient (Wildman–Crippen LogP) is 12.2. The molecule has 0 unspecified atom stereocenters. The quantitative estimate of drug-likeness (QED) is 0.207. The van der Waals surface area contributed by atoms with Gasteiger partial charge in [0.1, 0.15) is 11.2 Å². The van der Waals surface area contributed by atoms with Gasteiger partial charge >= 0.3 is 0 Å². The summed E-state index contributed by atoms with van der Waals surface area (Å²) in [5, 5.41) is 4.65. The van der Waals surface area contributed by atoms with Crippen LogP contribution in [0.25, 0.3) is 55.0 Å². The second-order valence-electron chi connectivity index (χ2n) is 12.6. The lowest BCUT2D eigenvalue weighted by Gasteiger charge is -2.28. The fourth-order valence-corrected chi connectivity index (χ4v) is 7.33. The number of rotatable bonds is 4. The Hall–Kier alpha value is -5.60. The van der Waals surface area contributed by atoms with Gasteiger partial charge in [-0.15, -0.1) is 0 Å². The number of para-hydroxylation sites is 1. The van der Waals surface area contributed by atoms with Crippen molar-refractivity contribution in [3.8, 4) is 22.3 Å². The Balaban J connectivity index is 1.25. The Morgan fingerprint density at radius 2 is 1.16 bits per heavy atom. The van der Waals surface area contributed by atoms with Gasteiger partial charge in [-0.25, -0.2) is 0 Å². The highest BCUT2D eigenvalue weighted by Crippen LogP contribution is 2.51. The molecular formula is C43H31NO. The molecule has 7 aromatic carbocycles. The molecule has 45 heavy (non-hydrogen) atoms. The van der Waals surface area contributed by atoms with Crippen molar-refractivity contribution in [2.24, 2.45) is 0 Å². The zero-order chi connectivity index (χ0) is 30.1. The van der Waals surface area contributed by atoms with E-state index < -0.39 is 0 Å². The summed E-state index contributed by atoms with van der Waals surface area (Å²) in [6.45, 7) is 4.69.